The van der Waals surface area contributed by atoms with Crippen LogP contribution in [-0.2, 0) is 16.3 Å². The number of carbonyl (C=O) groups is 1. The fourth-order valence-corrected chi connectivity index (χ4v) is 4.51. The Morgan fingerprint density at radius 1 is 1.11 bits per heavy atom. The van der Waals surface area contributed by atoms with E-state index in [0.717, 1.165) is 10.2 Å². The molecule has 4 rings (SSSR count). The molecule has 0 radical (unpaired) electrons. The molecule has 0 saturated heterocycles. The van der Waals surface area contributed by atoms with E-state index >= 15 is 0 Å². The van der Waals surface area contributed by atoms with Gasteiger partial charge in [-0.15, -0.1) is 16.4 Å². The molecule has 0 atom stereocenters. The topological polar surface area (TPSA) is 115 Å². The van der Waals surface area contributed by atoms with Crippen molar-refractivity contribution in [2.24, 2.45) is 0 Å². The molecule has 2 aromatic carbocycles. The van der Waals surface area contributed by atoms with Crippen LogP contribution in [0.5, 0.6) is 0 Å². The van der Waals surface area contributed by atoms with Gasteiger partial charge < -0.3 is 4.42 Å². The van der Waals surface area contributed by atoms with Crippen molar-refractivity contribution in [3.63, 3.8) is 0 Å². The minimum Gasteiger partial charge on any atom is -0.408 e. The number of nitrogens with one attached hydrogen (secondary N) is 1. The lowest BCUT2D eigenvalue weighted by molar-refractivity contribution is 0.102. The zero-order valence-corrected chi connectivity index (χ0v) is 16.0. The van der Waals surface area contributed by atoms with Crippen LogP contribution in [0, 0.1) is 0 Å². The van der Waals surface area contributed by atoms with E-state index in [1.807, 2.05) is 0 Å². The summed E-state index contributed by atoms with van der Waals surface area (Å²) in [6.45, 7) is 0. The maximum atomic E-state index is 12.3. The van der Waals surface area contributed by atoms with Gasteiger partial charge in [0.15, 0.2) is 9.84 Å². The summed E-state index contributed by atoms with van der Waals surface area (Å²) in [6.07, 6.45) is 0.0485. The van der Waals surface area contributed by atoms with Crippen LogP contribution in [0.25, 0.3) is 10.2 Å². The van der Waals surface area contributed by atoms with Gasteiger partial charge in [-0.1, -0.05) is 23.3 Å². The number of aromatic nitrogens is 3. The molecule has 8 nitrogen and oxygen atoms in total. The Labute approximate surface area is 164 Å². The van der Waals surface area contributed by atoms with Crippen LogP contribution < -0.4 is 5.32 Å². The van der Waals surface area contributed by atoms with Crippen LogP contribution in [0.15, 0.2) is 63.4 Å². The molecule has 0 aliphatic rings. The summed E-state index contributed by atoms with van der Waals surface area (Å²) in [6, 6.07) is 13.2. The molecule has 142 valence electrons. The Hall–Kier alpha value is -3.11. The van der Waals surface area contributed by atoms with Crippen molar-refractivity contribution in [1.82, 2.24) is 15.2 Å². The van der Waals surface area contributed by atoms with Gasteiger partial charge in [0.05, 0.1) is 26.4 Å². The number of hydrogen-bond acceptors (Lipinski definition) is 8. The highest BCUT2D eigenvalue weighted by Crippen LogP contribution is 2.20. The first kappa shape index (κ1) is 18.3. The second kappa shape index (κ2) is 7.49. The van der Waals surface area contributed by atoms with E-state index in [4.69, 9.17) is 4.42 Å². The number of rotatable bonds is 6. The zero-order valence-electron chi connectivity index (χ0n) is 14.4. The Balaban J connectivity index is 1.41. The fraction of sp³-hybridized carbons (Fsp3) is 0.111. The van der Waals surface area contributed by atoms with Crippen LogP contribution in [0.3, 0.4) is 0 Å². The first-order valence-electron chi connectivity index (χ1n) is 8.26. The van der Waals surface area contributed by atoms with Crippen LogP contribution in [0.2, 0.25) is 0 Å². The average Bonchev–Trinajstić information content (AvgIpc) is 3.35. The molecular formula is C18H14N4O4S2. The molecule has 28 heavy (non-hydrogen) atoms. The normalized spacial score (nSPS) is 11.6. The molecule has 0 fully saturated rings. The highest BCUT2D eigenvalue weighted by atomic mass is 32.2. The van der Waals surface area contributed by atoms with E-state index in [9.17, 15) is 13.2 Å². The lowest BCUT2D eigenvalue weighted by Crippen LogP contribution is -2.12. The minimum absolute atomic E-state index is 0.0485. The van der Waals surface area contributed by atoms with Crippen molar-refractivity contribution in [3.05, 3.63) is 65.5 Å². The van der Waals surface area contributed by atoms with E-state index in [2.05, 4.69) is 20.5 Å². The number of anilines is 1. The molecule has 2 aromatic heterocycles. The van der Waals surface area contributed by atoms with Gasteiger partial charge in [-0.3, -0.25) is 10.1 Å². The van der Waals surface area contributed by atoms with Gasteiger partial charge >= 0.3 is 6.01 Å². The second-order valence-corrected chi connectivity index (χ2v) is 8.87. The third kappa shape index (κ3) is 3.92. The zero-order chi connectivity index (χ0) is 19.6. The predicted octanol–water partition coefficient (Wildman–Crippen LogP) is 2.95. The molecule has 0 spiro atoms. The summed E-state index contributed by atoms with van der Waals surface area (Å²) in [5, 5.41) is 10.1. The summed E-state index contributed by atoms with van der Waals surface area (Å²) in [5.74, 6) is -0.440. The summed E-state index contributed by atoms with van der Waals surface area (Å²) in [5.41, 5.74) is 2.96. The van der Waals surface area contributed by atoms with Crippen molar-refractivity contribution < 1.29 is 17.6 Å². The monoisotopic (exact) mass is 414 g/mol. The van der Waals surface area contributed by atoms with Gasteiger partial charge in [0.1, 0.15) is 0 Å². The summed E-state index contributed by atoms with van der Waals surface area (Å²) in [7, 11) is -3.45. The van der Waals surface area contributed by atoms with E-state index in [1.165, 1.54) is 23.5 Å². The number of hydrogen-bond donors (Lipinski definition) is 1. The molecular weight excluding hydrogens is 400 g/mol. The Kier molecular flexibility index (Phi) is 4.88. The van der Waals surface area contributed by atoms with Gasteiger partial charge in [-0.25, -0.2) is 13.4 Å². The molecule has 4 aromatic rings. The number of nitrogens with zero attached hydrogens (tertiary/aromatic N) is 3. The van der Waals surface area contributed by atoms with E-state index in [1.54, 1.807) is 41.9 Å². The Bertz CT molecular complexity index is 1230. The third-order valence-corrected chi connectivity index (χ3v) is 6.49. The van der Waals surface area contributed by atoms with Crippen molar-refractivity contribution in [1.29, 1.82) is 0 Å². The van der Waals surface area contributed by atoms with Gasteiger partial charge in [-0.05, 0) is 30.3 Å². The van der Waals surface area contributed by atoms with Crippen molar-refractivity contribution >= 4 is 43.3 Å². The molecule has 0 saturated carbocycles. The molecule has 0 bridgehead atoms. The van der Waals surface area contributed by atoms with E-state index in [0.29, 0.717) is 5.56 Å². The SMILES string of the molecule is O=C(Nc1nnc(CCS(=O)(=O)c2ccccc2)o1)c1ccc2ncsc2c1. The van der Waals surface area contributed by atoms with Gasteiger partial charge in [0.25, 0.3) is 5.91 Å². The number of benzene rings is 2. The number of fused-ring (bicyclic) bond motifs is 1. The number of aryl methyl sites for hydroxylation is 1. The quantitative estimate of drug-likeness (QED) is 0.516. The van der Waals surface area contributed by atoms with Crippen LogP contribution in [0.4, 0.5) is 6.01 Å². The second-order valence-electron chi connectivity index (χ2n) is 5.87. The fourth-order valence-electron chi connectivity index (χ4n) is 2.54. The number of carbonyl (C=O) groups excluding carboxylic acids is 1. The molecule has 1 N–H and O–H groups in total. The first-order valence-corrected chi connectivity index (χ1v) is 10.8. The third-order valence-electron chi connectivity index (χ3n) is 3.97. The molecule has 10 heteroatoms. The smallest absolute Gasteiger partial charge is 0.322 e. The van der Waals surface area contributed by atoms with Crippen molar-refractivity contribution in [2.45, 2.75) is 11.3 Å². The maximum absolute atomic E-state index is 12.3. The number of thiazole rings is 1. The first-order chi connectivity index (χ1) is 13.5. The largest absolute Gasteiger partial charge is 0.408 e. The van der Waals surface area contributed by atoms with Crippen molar-refractivity contribution in [3.8, 4) is 0 Å². The Morgan fingerprint density at radius 3 is 2.75 bits per heavy atom. The van der Waals surface area contributed by atoms with Gasteiger partial charge in [0.2, 0.25) is 5.89 Å². The lowest BCUT2D eigenvalue weighted by Gasteiger charge is -2.02. The van der Waals surface area contributed by atoms with Crippen LogP contribution >= 0.6 is 11.3 Å². The van der Waals surface area contributed by atoms with E-state index in [-0.39, 0.29) is 29.0 Å². The van der Waals surface area contributed by atoms with Gasteiger partial charge in [0, 0.05) is 12.0 Å². The number of amides is 1. The predicted molar refractivity (Wildman–Crippen MR) is 104 cm³/mol. The molecule has 0 aliphatic carbocycles. The van der Waals surface area contributed by atoms with E-state index < -0.39 is 15.7 Å². The molecule has 2 heterocycles. The van der Waals surface area contributed by atoms with Crippen LogP contribution in [0.1, 0.15) is 16.2 Å². The summed E-state index contributed by atoms with van der Waals surface area (Å²) < 4.78 is 30.8. The maximum Gasteiger partial charge on any atom is 0.322 e. The highest BCUT2D eigenvalue weighted by Gasteiger charge is 2.17. The minimum atomic E-state index is -3.45. The number of sulfone groups is 1. The lowest BCUT2D eigenvalue weighted by atomic mass is 10.2. The van der Waals surface area contributed by atoms with Gasteiger partial charge in [-0.2, -0.15) is 0 Å². The van der Waals surface area contributed by atoms with Crippen molar-refractivity contribution in [2.75, 3.05) is 11.1 Å². The molecule has 0 aliphatic heterocycles. The summed E-state index contributed by atoms with van der Waals surface area (Å²) >= 11 is 1.44. The standard InChI is InChI=1S/C18H14N4O4S2/c23-17(12-6-7-14-15(10-12)27-11-19-14)20-18-22-21-16(26-18)8-9-28(24,25)13-4-2-1-3-5-13/h1-7,10-11H,8-9H2,(H,20,22,23). The molecule has 0 unspecified atom stereocenters. The Morgan fingerprint density at radius 2 is 1.93 bits per heavy atom. The summed E-state index contributed by atoms with van der Waals surface area (Å²) in [4.78, 5) is 16.7. The van der Waals surface area contributed by atoms with Crippen LogP contribution in [-0.4, -0.2) is 35.3 Å². The average molecular weight is 414 g/mol. The molecule has 1 amide bonds. The highest BCUT2D eigenvalue weighted by molar-refractivity contribution is 7.91.